The molecule has 0 saturated carbocycles. The molecule has 0 aliphatic heterocycles. The number of nitrogens with zero attached hydrogens (tertiary/aromatic N) is 1. The SMILES string of the molecule is CCN(CCNS(=O)(=O)Cc1ccc(C(=O)OC)cc1)c1ccccc1C. The molecule has 2 aromatic rings. The van der Waals surface area contributed by atoms with Crippen LogP contribution in [0.1, 0.15) is 28.4 Å². The summed E-state index contributed by atoms with van der Waals surface area (Å²) in [6, 6.07) is 14.4. The Kier molecular flexibility index (Phi) is 7.38. The molecule has 0 amide bonds. The second kappa shape index (κ2) is 9.53. The quantitative estimate of drug-likeness (QED) is 0.667. The van der Waals surface area contributed by atoms with E-state index in [1.165, 1.54) is 7.11 Å². The first kappa shape index (κ1) is 20.9. The number of hydrogen-bond donors (Lipinski definition) is 1. The van der Waals surface area contributed by atoms with Crippen molar-refractivity contribution in [2.24, 2.45) is 0 Å². The molecule has 1 N–H and O–H groups in total. The Bertz CT molecular complexity index is 864. The van der Waals surface area contributed by atoms with Crippen molar-refractivity contribution in [2.75, 3.05) is 31.6 Å². The molecule has 2 aromatic carbocycles. The third kappa shape index (κ3) is 6.08. The topological polar surface area (TPSA) is 75.7 Å². The Morgan fingerprint density at radius 3 is 2.37 bits per heavy atom. The van der Waals surface area contributed by atoms with Gasteiger partial charge in [0.2, 0.25) is 10.0 Å². The minimum Gasteiger partial charge on any atom is -0.465 e. The number of carbonyl (C=O) groups is 1. The third-order valence-electron chi connectivity index (χ3n) is 4.27. The highest BCUT2D eigenvalue weighted by molar-refractivity contribution is 7.88. The highest BCUT2D eigenvalue weighted by Crippen LogP contribution is 2.18. The van der Waals surface area contributed by atoms with Gasteiger partial charge in [0.05, 0.1) is 18.4 Å². The predicted molar refractivity (Wildman–Crippen MR) is 107 cm³/mol. The molecule has 0 aliphatic carbocycles. The van der Waals surface area contributed by atoms with Crippen molar-refractivity contribution < 1.29 is 17.9 Å². The van der Waals surface area contributed by atoms with E-state index in [4.69, 9.17) is 0 Å². The molecule has 0 heterocycles. The van der Waals surface area contributed by atoms with Crippen LogP contribution in [0.3, 0.4) is 0 Å². The van der Waals surface area contributed by atoms with Crippen LogP contribution in [0.25, 0.3) is 0 Å². The fourth-order valence-corrected chi connectivity index (χ4v) is 3.96. The van der Waals surface area contributed by atoms with Crippen molar-refractivity contribution in [2.45, 2.75) is 19.6 Å². The van der Waals surface area contributed by atoms with Crippen LogP contribution >= 0.6 is 0 Å². The lowest BCUT2D eigenvalue weighted by Gasteiger charge is -2.25. The highest BCUT2D eigenvalue weighted by atomic mass is 32.2. The number of rotatable bonds is 9. The number of hydrogen-bond acceptors (Lipinski definition) is 5. The monoisotopic (exact) mass is 390 g/mol. The van der Waals surface area contributed by atoms with Crippen molar-refractivity contribution in [3.8, 4) is 0 Å². The Morgan fingerprint density at radius 2 is 1.78 bits per heavy atom. The van der Waals surface area contributed by atoms with Gasteiger partial charge in [-0.1, -0.05) is 30.3 Å². The molecule has 0 unspecified atom stereocenters. The first-order valence-corrected chi connectivity index (χ1v) is 10.5. The number of anilines is 1. The molecule has 6 nitrogen and oxygen atoms in total. The molecular weight excluding hydrogens is 364 g/mol. The van der Waals surface area contributed by atoms with Gasteiger partial charge in [-0.3, -0.25) is 0 Å². The van der Waals surface area contributed by atoms with Crippen LogP contribution in [0.4, 0.5) is 5.69 Å². The fourth-order valence-electron chi connectivity index (χ4n) is 2.83. The van der Waals surface area contributed by atoms with Gasteiger partial charge in [-0.25, -0.2) is 17.9 Å². The summed E-state index contributed by atoms with van der Waals surface area (Å²) in [4.78, 5) is 13.6. The van der Waals surface area contributed by atoms with E-state index in [-0.39, 0.29) is 5.75 Å². The number of ether oxygens (including phenoxy) is 1. The Hall–Kier alpha value is -2.38. The van der Waals surface area contributed by atoms with Crippen LogP contribution in [0, 0.1) is 6.92 Å². The zero-order valence-electron chi connectivity index (χ0n) is 15.9. The summed E-state index contributed by atoms with van der Waals surface area (Å²) in [5.74, 6) is -0.580. The van der Waals surface area contributed by atoms with E-state index < -0.39 is 16.0 Å². The van der Waals surface area contributed by atoms with Crippen LogP contribution in [0.15, 0.2) is 48.5 Å². The van der Waals surface area contributed by atoms with E-state index in [2.05, 4.69) is 14.4 Å². The van der Waals surface area contributed by atoms with Gasteiger partial charge in [-0.2, -0.15) is 0 Å². The van der Waals surface area contributed by atoms with Gasteiger partial charge >= 0.3 is 5.97 Å². The highest BCUT2D eigenvalue weighted by Gasteiger charge is 2.14. The summed E-state index contributed by atoms with van der Waals surface area (Å²) < 4.78 is 31.9. The van der Waals surface area contributed by atoms with Crippen molar-refractivity contribution in [3.63, 3.8) is 0 Å². The molecule has 27 heavy (non-hydrogen) atoms. The van der Waals surface area contributed by atoms with Gasteiger partial charge in [0.1, 0.15) is 0 Å². The summed E-state index contributed by atoms with van der Waals surface area (Å²) in [5, 5.41) is 0. The van der Waals surface area contributed by atoms with Crippen molar-refractivity contribution in [3.05, 3.63) is 65.2 Å². The van der Waals surface area contributed by atoms with E-state index in [1.807, 2.05) is 38.1 Å². The predicted octanol–water partition coefficient (Wildman–Crippen LogP) is 2.73. The molecule has 0 saturated heterocycles. The van der Waals surface area contributed by atoms with Gasteiger partial charge in [0.15, 0.2) is 0 Å². The molecule has 0 radical (unpaired) electrons. The molecule has 0 atom stereocenters. The minimum absolute atomic E-state index is 0.134. The molecule has 7 heteroatoms. The lowest BCUT2D eigenvalue weighted by atomic mass is 10.1. The molecule has 0 fully saturated rings. The fraction of sp³-hybridized carbons (Fsp3) is 0.350. The second-order valence-corrected chi connectivity index (χ2v) is 8.01. The number of sulfonamides is 1. The normalized spacial score (nSPS) is 11.2. The summed E-state index contributed by atoms with van der Waals surface area (Å²) in [6.07, 6.45) is 0. The first-order chi connectivity index (χ1) is 12.9. The van der Waals surface area contributed by atoms with Gasteiger partial charge in [-0.05, 0) is 43.2 Å². The standard InChI is InChI=1S/C20H26N2O4S/c1-4-22(19-8-6-5-7-16(19)2)14-13-21-27(24,25)15-17-9-11-18(12-10-17)20(23)26-3/h5-12,21H,4,13-15H2,1-3H3. The number of nitrogens with one attached hydrogen (secondary N) is 1. The summed E-state index contributed by atoms with van der Waals surface area (Å²) in [5.41, 5.74) is 3.27. The average molecular weight is 391 g/mol. The zero-order valence-corrected chi connectivity index (χ0v) is 16.8. The van der Waals surface area contributed by atoms with Gasteiger partial charge < -0.3 is 9.64 Å². The van der Waals surface area contributed by atoms with Crippen molar-refractivity contribution in [1.82, 2.24) is 4.72 Å². The van der Waals surface area contributed by atoms with Crippen LogP contribution in [-0.2, 0) is 20.5 Å². The maximum Gasteiger partial charge on any atom is 0.337 e. The summed E-state index contributed by atoms with van der Waals surface area (Å²) in [7, 11) is -2.16. The van der Waals surface area contributed by atoms with Crippen molar-refractivity contribution in [1.29, 1.82) is 0 Å². The van der Waals surface area contributed by atoms with E-state index in [9.17, 15) is 13.2 Å². The molecule has 0 spiro atoms. The Labute approximate surface area is 161 Å². The van der Waals surface area contributed by atoms with Gasteiger partial charge in [0, 0.05) is 25.3 Å². The van der Waals surface area contributed by atoms with Gasteiger partial charge in [0.25, 0.3) is 0 Å². The number of methoxy groups -OCH3 is 1. The smallest absolute Gasteiger partial charge is 0.337 e. The molecule has 0 bridgehead atoms. The van der Waals surface area contributed by atoms with Crippen molar-refractivity contribution >= 4 is 21.7 Å². The molecular formula is C20H26N2O4S. The second-order valence-electron chi connectivity index (χ2n) is 6.21. The molecule has 0 aromatic heterocycles. The minimum atomic E-state index is -3.46. The molecule has 2 rings (SSSR count). The van der Waals surface area contributed by atoms with Crippen LogP contribution in [-0.4, -0.2) is 41.1 Å². The number of aryl methyl sites for hydroxylation is 1. The van der Waals surface area contributed by atoms with Crippen LogP contribution in [0.2, 0.25) is 0 Å². The van der Waals surface area contributed by atoms with E-state index >= 15 is 0 Å². The third-order valence-corrected chi connectivity index (χ3v) is 5.63. The molecule has 0 aliphatic rings. The largest absolute Gasteiger partial charge is 0.465 e. The maximum absolute atomic E-state index is 12.3. The maximum atomic E-state index is 12.3. The van der Waals surface area contributed by atoms with Gasteiger partial charge in [-0.15, -0.1) is 0 Å². The van der Waals surface area contributed by atoms with E-state index in [0.717, 1.165) is 17.8 Å². The average Bonchev–Trinajstić information content (AvgIpc) is 2.65. The number of para-hydroxylation sites is 1. The number of carbonyl (C=O) groups excluding carboxylic acids is 1. The number of benzene rings is 2. The molecule has 146 valence electrons. The lowest BCUT2D eigenvalue weighted by molar-refractivity contribution is 0.0600. The Morgan fingerprint density at radius 1 is 1.11 bits per heavy atom. The van der Waals surface area contributed by atoms with Crippen LogP contribution < -0.4 is 9.62 Å². The summed E-state index contributed by atoms with van der Waals surface area (Å²) in [6.45, 7) is 5.79. The Balaban J connectivity index is 1.92. The van der Waals surface area contributed by atoms with E-state index in [1.54, 1.807) is 24.3 Å². The number of esters is 1. The number of likely N-dealkylation sites (N-methyl/N-ethyl adjacent to an activating group) is 1. The first-order valence-electron chi connectivity index (χ1n) is 8.81. The summed E-state index contributed by atoms with van der Waals surface area (Å²) >= 11 is 0. The van der Waals surface area contributed by atoms with E-state index in [0.29, 0.717) is 24.2 Å². The van der Waals surface area contributed by atoms with Crippen LogP contribution in [0.5, 0.6) is 0 Å². The lowest BCUT2D eigenvalue weighted by Crippen LogP contribution is -2.35. The zero-order chi connectivity index (χ0) is 19.9.